The molecule has 0 aliphatic carbocycles. The molecule has 0 saturated heterocycles. The van der Waals surface area contributed by atoms with Gasteiger partial charge in [-0.25, -0.2) is 4.98 Å². The van der Waals surface area contributed by atoms with Gasteiger partial charge in [-0.2, -0.15) is 5.10 Å². The van der Waals surface area contributed by atoms with Gasteiger partial charge in [0.25, 0.3) is 0 Å². The molecule has 0 aliphatic heterocycles. The van der Waals surface area contributed by atoms with Crippen LogP contribution in [-0.4, -0.2) is 27.8 Å². The third-order valence-corrected chi connectivity index (χ3v) is 4.18. The van der Waals surface area contributed by atoms with Crippen LogP contribution in [0.25, 0.3) is 10.2 Å². The Hall–Kier alpha value is -2.41. The van der Waals surface area contributed by atoms with Gasteiger partial charge in [-0.15, -0.1) is 0 Å². The summed E-state index contributed by atoms with van der Waals surface area (Å²) in [7, 11) is 1.61. The van der Waals surface area contributed by atoms with Gasteiger partial charge in [0.05, 0.1) is 17.5 Å². The fraction of sp³-hybridized carbons (Fsp3) is 0.267. The smallest absolute Gasteiger partial charge is 0.247 e. The first kappa shape index (κ1) is 14.5. The molecule has 2 aromatic heterocycles. The first-order valence-electron chi connectivity index (χ1n) is 6.81. The zero-order chi connectivity index (χ0) is 15.7. The second-order valence-corrected chi connectivity index (χ2v) is 5.99. The molecule has 7 heteroatoms. The van der Waals surface area contributed by atoms with E-state index in [2.05, 4.69) is 15.4 Å². The molecule has 2 heterocycles. The zero-order valence-corrected chi connectivity index (χ0v) is 13.4. The van der Waals surface area contributed by atoms with Crippen LogP contribution in [0.3, 0.4) is 0 Å². The lowest BCUT2D eigenvalue weighted by Crippen LogP contribution is -2.20. The van der Waals surface area contributed by atoms with Crippen LogP contribution in [0.15, 0.2) is 24.3 Å². The van der Waals surface area contributed by atoms with Gasteiger partial charge in [0.15, 0.2) is 5.13 Å². The second kappa shape index (κ2) is 5.76. The third-order valence-electron chi connectivity index (χ3n) is 3.24. The fourth-order valence-electron chi connectivity index (χ4n) is 2.27. The number of carbonyl (C=O) groups excluding carboxylic acids is 1. The highest BCUT2D eigenvalue weighted by molar-refractivity contribution is 7.22. The minimum absolute atomic E-state index is 0.149. The predicted molar refractivity (Wildman–Crippen MR) is 86.5 cm³/mol. The molecule has 114 valence electrons. The summed E-state index contributed by atoms with van der Waals surface area (Å²) in [5.74, 6) is 0.553. The number of anilines is 1. The Morgan fingerprint density at radius 3 is 2.91 bits per heavy atom. The van der Waals surface area contributed by atoms with Crippen molar-refractivity contribution in [2.24, 2.45) is 0 Å². The third kappa shape index (κ3) is 2.80. The molecule has 1 aromatic carbocycles. The summed E-state index contributed by atoms with van der Waals surface area (Å²) in [6.45, 7) is 4.00. The monoisotopic (exact) mass is 316 g/mol. The molecule has 0 bridgehead atoms. The van der Waals surface area contributed by atoms with E-state index < -0.39 is 0 Å². The number of nitrogens with zero attached hydrogens (tertiary/aromatic N) is 3. The largest absolute Gasteiger partial charge is 0.494 e. The van der Waals surface area contributed by atoms with Crippen LogP contribution in [0.1, 0.15) is 11.4 Å². The Bertz CT molecular complexity index is 837. The molecule has 0 aliphatic rings. The Labute approximate surface area is 131 Å². The number of para-hydroxylation sites is 1. The molecule has 0 fully saturated rings. The van der Waals surface area contributed by atoms with Crippen LogP contribution in [0.5, 0.6) is 5.75 Å². The number of methoxy groups -OCH3 is 1. The summed E-state index contributed by atoms with van der Waals surface area (Å²) < 4.78 is 7.93. The molecule has 3 rings (SSSR count). The topological polar surface area (TPSA) is 69.0 Å². The van der Waals surface area contributed by atoms with E-state index in [-0.39, 0.29) is 12.5 Å². The number of thiazole rings is 1. The second-order valence-electron chi connectivity index (χ2n) is 4.96. The van der Waals surface area contributed by atoms with Crippen molar-refractivity contribution in [3.63, 3.8) is 0 Å². The average molecular weight is 316 g/mol. The van der Waals surface area contributed by atoms with Gasteiger partial charge in [0.1, 0.15) is 17.8 Å². The number of aryl methyl sites for hydroxylation is 2. The van der Waals surface area contributed by atoms with Crippen molar-refractivity contribution >= 4 is 32.6 Å². The number of nitrogens with one attached hydrogen (secondary N) is 1. The van der Waals surface area contributed by atoms with Crippen molar-refractivity contribution < 1.29 is 9.53 Å². The number of hydrogen-bond donors (Lipinski definition) is 1. The maximum Gasteiger partial charge on any atom is 0.247 e. The lowest BCUT2D eigenvalue weighted by Gasteiger charge is -2.03. The van der Waals surface area contributed by atoms with Gasteiger partial charge in [-0.1, -0.05) is 17.4 Å². The maximum atomic E-state index is 12.1. The standard InChI is InChI=1S/C15H16N4O2S/c1-9-7-10(2)19(18-9)8-13(20)16-15-17-14-11(21-3)5-4-6-12(14)22-15/h4-7H,8H2,1-3H3,(H,16,17,20). The summed E-state index contributed by atoms with van der Waals surface area (Å²) in [6, 6.07) is 7.65. The van der Waals surface area contributed by atoms with Crippen molar-refractivity contribution in [1.82, 2.24) is 14.8 Å². The molecule has 1 amide bonds. The zero-order valence-electron chi connectivity index (χ0n) is 12.6. The quantitative estimate of drug-likeness (QED) is 0.803. The molecule has 22 heavy (non-hydrogen) atoms. The van der Waals surface area contributed by atoms with Gasteiger partial charge in [-0.3, -0.25) is 9.48 Å². The van der Waals surface area contributed by atoms with Gasteiger partial charge < -0.3 is 10.1 Å². The molecular weight excluding hydrogens is 300 g/mol. The molecule has 3 aromatic rings. The Balaban J connectivity index is 1.78. The number of benzene rings is 1. The molecule has 0 spiro atoms. The molecule has 1 N–H and O–H groups in total. The van der Waals surface area contributed by atoms with Crippen LogP contribution in [-0.2, 0) is 11.3 Å². The van der Waals surface area contributed by atoms with Crippen LogP contribution < -0.4 is 10.1 Å². The van der Waals surface area contributed by atoms with E-state index in [1.165, 1.54) is 11.3 Å². The van der Waals surface area contributed by atoms with E-state index in [1.54, 1.807) is 11.8 Å². The molecule has 0 atom stereocenters. The van der Waals surface area contributed by atoms with Crippen LogP contribution in [0.4, 0.5) is 5.13 Å². The Morgan fingerprint density at radius 2 is 2.23 bits per heavy atom. The number of ether oxygens (including phenoxy) is 1. The van der Waals surface area contributed by atoms with Crippen LogP contribution in [0.2, 0.25) is 0 Å². The van der Waals surface area contributed by atoms with E-state index in [0.717, 1.165) is 21.6 Å². The maximum absolute atomic E-state index is 12.1. The average Bonchev–Trinajstić information content (AvgIpc) is 3.01. The number of carbonyl (C=O) groups is 1. The minimum Gasteiger partial charge on any atom is -0.494 e. The molecule has 0 radical (unpaired) electrons. The van der Waals surface area contributed by atoms with Gasteiger partial charge >= 0.3 is 0 Å². The highest BCUT2D eigenvalue weighted by Crippen LogP contribution is 2.31. The van der Waals surface area contributed by atoms with Crippen molar-refractivity contribution in [3.05, 3.63) is 35.7 Å². The van der Waals surface area contributed by atoms with E-state index in [9.17, 15) is 4.79 Å². The summed E-state index contributed by atoms with van der Waals surface area (Å²) in [6.07, 6.45) is 0. The highest BCUT2D eigenvalue weighted by Gasteiger charge is 2.12. The molecule has 0 saturated carbocycles. The van der Waals surface area contributed by atoms with Crippen molar-refractivity contribution in [3.8, 4) is 5.75 Å². The van der Waals surface area contributed by atoms with E-state index in [1.807, 2.05) is 38.1 Å². The van der Waals surface area contributed by atoms with Crippen LogP contribution >= 0.6 is 11.3 Å². The number of amides is 1. The summed E-state index contributed by atoms with van der Waals surface area (Å²) in [4.78, 5) is 16.6. The van der Waals surface area contributed by atoms with Crippen LogP contribution in [0, 0.1) is 13.8 Å². The molecular formula is C15H16N4O2S. The van der Waals surface area contributed by atoms with Gasteiger partial charge in [0, 0.05) is 5.69 Å². The minimum atomic E-state index is -0.149. The van der Waals surface area contributed by atoms with E-state index in [0.29, 0.717) is 10.9 Å². The normalized spacial score (nSPS) is 10.9. The van der Waals surface area contributed by atoms with Gasteiger partial charge in [0.2, 0.25) is 5.91 Å². The van der Waals surface area contributed by atoms with E-state index in [4.69, 9.17) is 4.74 Å². The SMILES string of the molecule is COc1cccc2sc(NC(=O)Cn3nc(C)cc3C)nc12. The van der Waals surface area contributed by atoms with Crippen molar-refractivity contribution in [2.45, 2.75) is 20.4 Å². The first-order valence-corrected chi connectivity index (χ1v) is 7.63. The lowest BCUT2D eigenvalue weighted by molar-refractivity contribution is -0.116. The predicted octanol–water partition coefficient (Wildman–Crippen LogP) is 2.76. The van der Waals surface area contributed by atoms with E-state index >= 15 is 0 Å². The lowest BCUT2D eigenvalue weighted by atomic mass is 10.3. The Kier molecular flexibility index (Phi) is 3.81. The summed E-state index contributed by atoms with van der Waals surface area (Å²) in [5, 5.41) is 7.66. The first-order chi connectivity index (χ1) is 10.6. The summed E-state index contributed by atoms with van der Waals surface area (Å²) >= 11 is 1.42. The number of hydrogen-bond acceptors (Lipinski definition) is 5. The number of fused-ring (bicyclic) bond motifs is 1. The fourth-order valence-corrected chi connectivity index (χ4v) is 3.17. The molecule has 0 unspecified atom stereocenters. The summed E-state index contributed by atoms with van der Waals surface area (Å²) in [5.41, 5.74) is 2.62. The molecule has 6 nitrogen and oxygen atoms in total. The number of aromatic nitrogens is 3. The number of rotatable bonds is 4. The Morgan fingerprint density at radius 1 is 1.41 bits per heavy atom. The highest BCUT2D eigenvalue weighted by atomic mass is 32.1. The van der Waals surface area contributed by atoms with Crippen molar-refractivity contribution in [1.29, 1.82) is 0 Å². The van der Waals surface area contributed by atoms with Gasteiger partial charge in [-0.05, 0) is 32.0 Å². The van der Waals surface area contributed by atoms with Crippen molar-refractivity contribution in [2.75, 3.05) is 12.4 Å².